The van der Waals surface area contributed by atoms with E-state index in [2.05, 4.69) is 15.8 Å². The van der Waals surface area contributed by atoms with Crippen molar-refractivity contribution < 1.29 is 41.8 Å². The van der Waals surface area contributed by atoms with Gasteiger partial charge in [-0.25, -0.2) is 13.4 Å². The maximum atomic E-state index is 14.5. The van der Waals surface area contributed by atoms with Gasteiger partial charge in [0.15, 0.2) is 5.78 Å². The zero-order valence-electron chi connectivity index (χ0n) is 30.3. The van der Waals surface area contributed by atoms with Crippen LogP contribution in [0.1, 0.15) is 95.5 Å². The van der Waals surface area contributed by atoms with Crippen molar-refractivity contribution in [2.75, 3.05) is 20.3 Å². The highest BCUT2D eigenvalue weighted by Gasteiger charge is 2.61. The third-order valence-corrected chi connectivity index (χ3v) is 13.2. The SMILES string of the molecule is COc1cc2ccnc3c2cc1/C=C/CCCCOC(=O)C[C@H]1CCCCC/C=C\[C@@H]2C[C@@]2(C(=O)NS(=O)(=O)C2CC2)CC(=O)[C@@H]2C[C@H](CN2C1=O)O3. The second kappa shape index (κ2) is 15.6. The first-order valence-electron chi connectivity index (χ1n) is 19.1. The van der Waals surface area contributed by atoms with Gasteiger partial charge in [-0.15, -0.1) is 0 Å². The Morgan fingerprint density at radius 3 is 2.66 bits per heavy atom. The van der Waals surface area contributed by atoms with E-state index >= 15 is 0 Å². The number of pyridine rings is 1. The number of rotatable bonds is 4. The molecule has 1 aromatic heterocycles. The van der Waals surface area contributed by atoms with Crippen molar-refractivity contribution in [2.45, 2.75) is 107 Å². The van der Waals surface area contributed by atoms with E-state index in [0.717, 1.165) is 54.9 Å². The molecule has 2 amide bonds. The number of esters is 1. The minimum Gasteiger partial charge on any atom is -0.496 e. The van der Waals surface area contributed by atoms with Gasteiger partial charge in [0.05, 0.1) is 43.4 Å². The van der Waals surface area contributed by atoms with Crippen molar-refractivity contribution in [3.05, 3.63) is 48.2 Å². The molecule has 3 fully saturated rings. The molecule has 5 aliphatic rings. The fourth-order valence-electron chi connectivity index (χ4n) is 8.09. The van der Waals surface area contributed by atoms with Crippen LogP contribution in [-0.2, 0) is 33.9 Å². The van der Waals surface area contributed by atoms with Crippen molar-refractivity contribution in [3.63, 3.8) is 0 Å². The summed E-state index contributed by atoms with van der Waals surface area (Å²) in [7, 11) is -2.22. The van der Waals surface area contributed by atoms with Gasteiger partial charge in [0.1, 0.15) is 11.9 Å². The topological polar surface area (TPSA) is 158 Å². The third-order valence-electron chi connectivity index (χ3n) is 11.4. The summed E-state index contributed by atoms with van der Waals surface area (Å²) in [6, 6.07) is 4.82. The van der Waals surface area contributed by atoms with E-state index in [0.29, 0.717) is 43.7 Å². The summed E-state index contributed by atoms with van der Waals surface area (Å²) in [6.45, 7) is 0.330. The maximum Gasteiger partial charge on any atom is 0.306 e. The van der Waals surface area contributed by atoms with Crippen molar-refractivity contribution >= 4 is 50.4 Å². The highest BCUT2D eigenvalue weighted by molar-refractivity contribution is 7.90. The first kappa shape index (κ1) is 37.1. The summed E-state index contributed by atoms with van der Waals surface area (Å²) >= 11 is 0. The fourth-order valence-corrected chi connectivity index (χ4v) is 9.48. The Labute approximate surface area is 310 Å². The van der Waals surface area contributed by atoms with Crippen LogP contribution in [0.4, 0.5) is 0 Å². The number of fused-ring (bicyclic) bond motifs is 4. The number of allylic oxidation sites excluding steroid dienone is 3. The molecule has 53 heavy (non-hydrogen) atoms. The molecule has 2 aromatic rings. The second-order valence-corrected chi connectivity index (χ2v) is 17.2. The predicted octanol–water partition coefficient (Wildman–Crippen LogP) is 5.43. The number of carbonyl (C=O) groups is 4. The van der Waals surface area contributed by atoms with Crippen LogP contribution < -0.4 is 14.2 Å². The lowest BCUT2D eigenvalue weighted by Crippen LogP contribution is -2.46. The van der Waals surface area contributed by atoms with Crippen LogP contribution in [-0.4, -0.2) is 79.5 Å². The number of ketones is 1. The van der Waals surface area contributed by atoms with Gasteiger partial charge < -0.3 is 19.1 Å². The molecule has 0 spiro atoms. The van der Waals surface area contributed by atoms with Crippen LogP contribution in [0, 0.1) is 17.3 Å². The summed E-state index contributed by atoms with van der Waals surface area (Å²) in [5.74, 6) is -1.69. The average molecular weight is 748 g/mol. The Balaban J connectivity index is 1.23. The van der Waals surface area contributed by atoms with Crippen molar-refractivity contribution in [2.24, 2.45) is 17.3 Å². The largest absolute Gasteiger partial charge is 0.496 e. The zero-order chi connectivity index (χ0) is 37.2. The number of sulfonamides is 1. The van der Waals surface area contributed by atoms with E-state index in [4.69, 9.17) is 14.2 Å². The Kier molecular flexibility index (Phi) is 10.9. The van der Waals surface area contributed by atoms with E-state index in [-0.39, 0.29) is 50.0 Å². The molecule has 1 N–H and O–H groups in total. The number of methoxy groups -OCH3 is 1. The molecular weight excluding hydrogens is 699 g/mol. The van der Waals surface area contributed by atoms with Gasteiger partial charge in [0.2, 0.25) is 27.7 Å². The molecule has 1 aromatic carbocycles. The first-order valence-corrected chi connectivity index (χ1v) is 20.6. The Morgan fingerprint density at radius 1 is 1.04 bits per heavy atom. The minimum atomic E-state index is -3.83. The quantitative estimate of drug-likeness (QED) is 0.316. The van der Waals surface area contributed by atoms with E-state index in [1.807, 2.05) is 36.4 Å². The molecule has 2 aliphatic carbocycles. The molecule has 3 aliphatic heterocycles. The second-order valence-electron chi connectivity index (χ2n) is 15.3. The van der Waals surface area contributed by atoms with Gasteiger partial charge in [-0.05, 0) is 87.3 Å². The molecular formula is C40H49N3O9S. The van der Waals surface area contributed by atoms with Crippen molar-refractivity contribution in [3.8, 4) is 11.6 Å². The number of benzene rings is 1. The lowest BCUT2D eigenvalue weighted by molar-refractivity contribution is -0.150. The molecule has 12 nitrogen and oxygen atoms in total. The van der Waals surface area contributed by atoms with Gasteiger partial charge >= 0.3 is 5.97 Å². The molecule has 4 heterocycles. The molecule has 1 saturated heterocycles. The van der Waals surface area contributed by atoms with E-state index < -0.39 is 50.6 Å². The van der Waals surface area contributed by atoms with Crippen molar-refractivity contribution in [1.82, 2.24) is 14.6 Å². The van der Waals surface area contributed by atoms with E-state index in [9.17, 15) is 27.6 Å². The Hall–Kier alpha value is -4.26. The third kappa shape index (κ3) is 8.29. The molecule has 13 heteroatoms. The van der Waals surface area contributed by atoms with Gasteiger partial charge in [-0.3, -0.25) is 23.9 Å². The van der Waals surface area contributed by atoms with Crippen LogP contribution >= 0.6 is 0 Å². The average Bonchev–Trinajstić information content (AvgIpc) is 4.06. The lowest BCUT2D eigenvalue weighted by atomic mass is 9.90. The molecule has 0 unspecified atom stereocenters. The molecule has 2 saturated carbocycles. The standard InChI is InChI=1S/C40H49N3O9S/c1-50-35-20-26-16-17-41-37-32(26)19-27(35)11-7-5-6-10-18-51-36(45)21-28-12-8-3-2-4-9-13-29-23-40(29,39(47)42-53(48,49)31-14-15-31)24-34(44)33-22-30(52-37)25-43(33)38(28)46/h7,9,11,13,16-17,19-20,28-31,33H,2-6,8,10,12,14-15,18,21-25H2,1H3,(H,42,47)/b11-7+,13-9-/t28-,29-,30-,33+,40-/m1/s1. The van der Waals surface area contributed by atoms with Crippen LogP contribution in [0.25, 0.3) is 16.8 Å². The van der Waals surface area contributed by atoms with E-state index in [1.54, 1.807) is 13.3 Å². The summed E-state index contributed by atoms with van der Waals surface area (Å²) < 4.78 is 45.8. The number of hydrogen-bond acceptors (Lipinski definition) is 10. The van der Waals surface area contributed by atoms with Crippen LogP contribution in [0.2, 0.25) is 0 Å². The number of nitrogens with zero attached hydrogens (tertiary/aromatic N) is 2. The zero-order valence-corrected chi connectivity index (χ0v) is 31.1. The molecule has 5 bridgehead atoms. The highest BCUT2D eigenvalue weighted by atomic mass is 32.2. The van der Waals surface area contributed by atoms with Crippen LogP contribution in [0.15, 0.2) is 42.6 Å². The summed E-state index contributed by atoms with van der Waals surface area (Å²) in [6.07, 6.45) is 16.1. The van der Waals surface area contributed by atoms with Crippen molar-refractivity contribution in [1.29, 1.82) is 0 Å². The number of amides is 2. The molecule has 284 valence electrons. The fraction of sp³-hybridized carbons (Fsp3) is 0.575. The van der Waals surface area contributed by atoms with Crippen LogP contribution in [0.3, 0.4) is 0 Å². The Morgan fingerprint density at radius 2 is 1.85 bits per heavy atom. The number of hydrogen-bond donors (Lipinski definition) is 1. The maximum absolute atomic E-state index is 14.5. The monoisotopic (exact) mass is 747 g/mol. The normalized spacial score (nSPS) is 30.1. The van der Waals surface area contributed by atoms with Gasteiger partial charge in [-0.2, -0.15) is 0 Å². The van der Waals surface area contributed by atoms with E-state index in [1.165, 1.54) is 4.90 Å². The number of cyclic esters (lactones) is 1. The summed E-state index contributed by atoms with van der Waals surface area (Å²) in [5, 5.41) is 1.02. The first-order chi connectivity index (χ1) is 25.6. The highest BCUT2D eigenvalue weighted by Crippen LogP contribution is 2.57. The molecule has 0 radical (unpaired) electrons. The number of ether oxygens (including phenoxy) is 3. The van der Waals surface area contributed by atoms with Gasteiger partial charge in [0, 0.05) is 35.9 Å². The smallest absolute Gasteiger partial charge is 0.306 e. The van der Waals surface area contributed by atoms with Gasteiger partial charge in [0.25, 0.3) is 0 Å². The number of nitrogens with one attached hydrogen (secondary N) is 1. The minimum absolute atomic E-state index is 0.0837. The number of Topliss-reactive ketones (excluding diaryl/α,β-unsaturated/α-hetero) is 1. The summed E-state index contributed by atoms with van der Waals surface area (Å²) in [5.41, 5.74) is -0.382. The predicted molar refractivity (Wildman–Crippen MR) is 197 cm³/mol. The van der Waals surface area contributed by atoms with Gasteiger partial charge in [-0.1, -0.05) is 37.1 Å². The lowest BCUT2D eigenvalue weighted by Gasteiger charge is -2.29. The Bertz CT molecular complexity index is 1920. The number of aromatic nitrogens is 1. The van der Waals surface area contributed by atoms with Crippen LogP contribution in [0.5, 0.6) is 11.6 Å². The summed E-state index contributed by atoms with van der Waals surface area (Å²) in [4.78, 5) is 62.0. The molecule has 5 atom stereocenters. The molecule has 7 rings (SSSR count). The number of carbonyl (C=O) groups excluding carboxylic acids is 4.